The maximum Gasteiger partial charge on any atom is 0.293 e. The van der Waals surface area contributed by atoms with Crippen LogP contribution in [0.15, 0.2) is 18.2 Å². The summed E-state index contributed by atoms with van der Waals surface area (Å²) in [5, 5.41) is 3.00. The fraction of sp³-hybridized carbons (Fsp3) is 0.500. The summed E-state index contributed by atoms with van der Waals surface area (Å²) in [6, 6.07) is 2.63. The SMILES string of the molecule is CC(C)(C)OC=O.O=C(c1cc(F)cc(F)c1)C1CCCN1. The summed E-state index contributed by atoms with van der Waals surface area (Å²) in [6.07, 6.45) is 1.66. The first-order valence-electron chi connectivity index (χ1n) is 7.08. The molecule has 22 heavy (non-hydrogen) atoms. The fourth-order valence-corrected chi connectivity index (χ4v) is 1.95. The van der Waals surface area contributed by atoms with Gasteiger partial charge < -0.3 is 10.1 Å². The van der Waals surface area contributed by atoms with Gasteiger partial charge in [-0.3, -0.25) is 9.59 Å². The van der Waals surface area contributed by atoms with Gasteiger partial charge in [0.2, 0.25) is 0 Å². The van der Waals surface area contributed by atoms with Crippen molar-refractivity contribution in [1.29, 1.82) is 0 Å². The Balaban J connectivity index is 0.000000295. The van der Waals surface area contributed by atoms with Crippen molar-refractivity contribution >= 4 is 12.3 Å². The van der Waals surface area contributed by atoms with Crippen LogP contribution in [0.3, 0.4) is 0 Å². The molecule has 0 bridgehead atoms. The van der Waals surface area contributed by atoms with E-state index < -0.39 is 11.6 Å². The summed E-state index contributed by atoms with van der Waals surface area (Å²) < 4.78 is 30.3. The second-order valence-corrected chi connectivity index (χ2v) is 6.00. The summed E-state index contributed by atoms with van der Waals surface area (Å²) in [5.74, 6) is -1.65. The molecule has 2 rings (SSSR count). The average Bonchev–Trinajstić information content (AvgIpc) is 2.89. The molecule has 0 spiro atoms. The molecule has 122 valence electrons. The predicted octanol–water partition coefficient (Wildman–Crippen LogP) is 2.86. The lowest BCUT2D eigenvalue weighted by atomic mass is 10.0. The van der Waals surface area contributed by atoms with Crippen molar-refractivity contribution in [2.24, 2.45) is 0 Å². The molecule has 1 fully saturated rings. The number of hydrogen-bond donors (Lipinski definition) is 1. The largest absolute Gasteiger partial charge is 0.462 e. The van der Waals surface area contributed by atoms with Crippen LogP contribution in [-0.2, 0) is 9.53 Å². The van der Waals surface area contributed by atoms with Gasteiger partial charge in [-0.15, -0.1) is 0 Å². The van der Waals surface area contributed by atoms with Crippen LogP contribution in [0.1, 0.15) is 44.0 Å². The Morgan fingerprint density at radius 3 is 2.23 bits per heavy atom. The number of ketones is 1. The Bertz CT molecular complexity index is 500. The zero-order valence-corrected chi connectivity index (χ0v) is 13.0. The van der Waals surface area contributed by atoms with Gasteiger partial charge in [0.1, 0.15) is 17.2 Å². The minimum atomic E-state index is -0.712. The molecule has 0 amide bonds. The molecule has 1 unspecified atom stereocenters. The van der Waals surface area contributed by atoms with Crippen LogP contribution in [0.4, 0.5) is 8.78 Å². The van der Waals surface area contributed by atoms with E-state index in [1.165, 1.54) is 0 Å². The zero-order valence-electron chi connectivity index (χ0n) is 13.0. The van der Waals surface area contributed by atoms with E-state index in [1.807, 2.05) is 20.8 Å². The van der Waals surface area contributed by atoms with Crippen LogP contribution < -0.4 is 5.32 Å². The van der Waals surface area contributed by atoms with Crippen LogP contribution in [0.5, 0.6) is 0 Å². The van der Waals surface area contributed by atoms with Crippen molar-refractivity contribution < 1.29 is 23.1 Å². The maximum absolute atomic E-state index is 12.9. The summed E-state index contributed by atoms with van der Waals surface area (Å²) in [4.78, 5) is 21.4. The molecule has 1 N–H and O–H groups in total. The summed E-state index contributed by atoms with van der Waals surface area (Å²) in [6.45, 7) is 6.71. The second-order valence-electron chi connectivity index (χ2n) is 6.00. The van der Waals surface area contributed by atoms with Crippen molar-refractivity contribution in [2.75, 3.05) is 6.54 Å². The minimum absolute atomic E-state index is 0.104. The Hall–Kier alpha value is -1.82. The van der Waals surface area contributed by atoms with Crippen LogP contribution in [0.25, 0.3) is 0 Å². The van der Waals surface area contributed by atoms with Gasteiger partial charge in [-0.05, 0) is 52.3 Å². The zero-order chi connectivity index (χ0) is 16.8. The van der Waals surface area contributed by atoms with E-state index in [0.717, 1.165) is 37.6 Å². The van der Waals surface area contributed by atoms with E-state index in [0.29, 0.717) is 6.47 Å². The smallest absolute Gasteiger partial charge is 0.293 e. The topological polar surface area (TPSA) is 55.4 Å². The molecule has 0 aromatic heterocycles. The van der Waals surface area contributed by atoms with Gasteiger partial charge in [-0.25, -0.2) is 8.78 Å². The molecule has 0 saturated carbocycles. The molecule has 1 heterocycles. The van der Waals surface area contributed by atoms with Crippen LogP contribution in [0, 0.1) is 11.6 Å². The predicted molar refractivity (Wildman–Crippen MR) is 78.6 cm³/mol. The van der Waals surface area contributed by atoms with Crippen LogP contribution in [0.2, 0.25) is 0 Å². The Morgan fingerprint density at radius 2 is 1.86 bits per heavy atom. The van der Waals surface area contributed by atoms with Gasteiger partial charge >= 0.3 is 0 Å². The number of nitrogens with one attached hydrogen (secondary N) is 1. The van der Waals surface area contributed by atoms with E-state index >= 15 is 0 Å². The highest BCUT2D eigenvalue weighted by molar-refractivity contribution is 6.00. The minimum Gasteiger partial charge on any atom is -0.462 e. The first kappa shape index (κ1) is 18.2. The first-order valence-corrected chi connectivity index (χ1v) is 7.08. The van der Waals surface area contributed by atoms with Gasteiger partial charge in [0.05, 0.1) is 6.04 Å². The highest BCUT2D eigenvalue weighted by Gasteiger charge is 2.23. The van der Waals surface area contributed by atoms with Crippen molar-refractivity contribution in [3.63, 3.8) is 0 Å². The number of ether oxygens (including phenoxy) is 1. The third kappa shape index (κ3) is 6.30. The fourth-order valence-electron chi connectivity index (χ4n) is 1.95. The van der Waals surface area contributed by atoms with Gasteiger partial charge in [-0.1, -0.05) is 0 Å². The van der Waals surface area contributed by atoms with Gasteiger partial charge in [-0.2, -0.15) is 0 Å². The lowest BCUT2D eigenvalue weighted by Crippen LogP contribution is -2.30. The van der Waals surface area contributed by atoms with Crippen LogP contribution in [-0.4, -0.2) is 30.4 Å². The molecule has 1 saturated heterocycles. The highest BCUT2D eigenvalue weighted by Crippen LogP contribution is 2.14. The van der Waals surface area contributed by atoms with Gasteiger partial charge in [0.15, 0.2) is 5.78 Å². The quantitative estimate of drug-likeness (QED) is 0.689. The number of halogens is 2. The molecular formula is C16H21F2NO3. The number of carbonyl (C=O) groups excluding carboxylic acids is 2. The molecule has 1 aromatic rings. The third-order valence-electron chi connectivity index (χ3n) is 2.93. The Labute approximate surface area is 128 Å². The molecule has 0 radical (unpaired) electrons. The van der Waals surface area contributed by atoms with Crippen molar-refractivity contribution in [3.8, 4) is 0 Å². The van der Waals surface area contributed by atoms with E-state index in [-0.39, 0.29) is 23.0 Å². The van der Waals surface area contributed by atoms with E-state index in [9.17, 15) is 18.4 Å². The molecule has 0 aliphatic carbocycles. The molecular weight excluding hydrogens is 292 g/mol. The van der Waals surface area contributed by atoms with Crippen molar-refractivity contribution in [1.82, 2.24) is 5.32 Å². The second kappa shape index (κ2) is 7.98. The molecule has 1 aliphatic rings. The number of rotatable bonds is 3. The van der Waals surface area contributed by atoms with Crippen molar-refractivity contribution in [2.45, 2.75) is 45.3 Å². The number of carbonyl (C=O) groups is 2. The Morgan fingerprint density at radius 1 is 1.27 bits per heavy atom. The summed E-state index contributed by atoms with van der Waals surface area (Å²) in [7, 11) is 0. The number of hydrogen-bond acceptors (Lipinski definition) is 4. The third-order valence-corrected chi connectivity index (χ3v) is 2.93. The van der Waals surface area contributed by atoms with Crippen LogP contribution >= 0.6 is 0 Å². The summed E-state index contributed by atoms with van der Waals surface area (Å²) in [5.41, 5.74) is -0.214. The monoisotopic (exact) mass is 313 g/mol. The van der Waals surface area contributed by atoms with E-state index in [2.05, 4.69) is 10.1 Å². The molecule has 4 nitrogen and oxygen atoms in total. The number of Topliss-reactive ketones (excluding diaryl/α,β-unsaturated/α-hetero) is 1. The van der Waals surface area contributed by atoms with Gasteiger partial charge in [0, 0.05) is 11.6 Å². The molecule has 1 aliphatic heterocycles. The number of benzene rings is 1. The maximum atomic E-state index is 12.9. The normalized spacial score (nSPS) is 17.4. The first-order chi connectivity index (χ1) is 10.2. The Kier molecular flexibility index (Phi) is 6.61. The van der Waals surface area contributed by atoms with E-state index in [4.69, 9.17) is 0 Å². The molecule has 1 atom stereocenters. The molecule has 1 aromatic carbocycles. The highest BCUT2D eigenvalue weighted by atomic mass is 19.1. The summed E-state index contributed by atoms with van der Waals surface area (Å²) >= 11 is 0. The standard InChI is InChI=1S/C11H11F2NO.C5H10O2/c12-8-4-7(5-9(13)6-8)11(15)10-2-1-3-14-10;1-5(2,3)7-4-6/h4-6,10,14H,1-3H2;4H,1-3H3. The lowest BCUT2D eigenvalue weighted by Gasteiger charge is -2.14. The average molecular weight is 313 g/mol. The van der Waals surface area contributed by atoms with Crippen molar-refractivity contribution in [3.05, 3.63) is 35.4 Å². The lowest BCUT2D eigenvalue weighted by molar-refractivity contribution is -0.138. The molecule has 6 heteroatoms. The van der Waals surface area contributed by atoms with Gasteiger partial charge in [0.25, 0.3) is 6.47 Å². The van der Waals surface area contributed by atoms with E-state index in [1.54, 1.807) is 0 Å².